The zero-order chi connectivity index (χ0) is 23.9. The molecule has 0 aliphatic carbocycles. The molecule has 1 atom stereocenters. The van der Waals surface area contributed by atoms with Crippen molar-refractivity contribution in [2.24, 2.45) is 0 Å². The highest BCUT2D eigenvalue weighted by molar-refractivity contribution is 5.97. The molecule has 5 heteroatoms. The first-order valence-electron chi connectivity index (χ1n) is 12.3. The molecule has 5 nitrogen and oxygen atoms in total. The van der Waals surface area contributed by atoms with Crippen LogP contribution in [0.4, 0.5) is 11.4 Å². The molecule has 176 valence electrons. The molecule has 34 heavy (non-hydrogen) atoms. The lowest BCUT2D eigenvalue weighted by Gasteiger charge is -2.37. The van der Waals surface area contributed by atoms with Crippen LogP contribution in [-0.2, 0) is 10.3 Å². The predicted molar refractivity (Wildman–Crippen MR) is 136 cm³/mol. The third-order valence-corrected chi connectivity index (χ3v) is 7.01. The molecular weight excluding hydrogens is 424 g/mol. The van der Waals surface area contributed by atoms with E-state index in [1.54, 1.807) is 0 Å². The van der Waals surface area contributed by atoms with Crippen molar-refractivity contribution in [3.05, 3.63) is 82.4 Å². The third kappa shape index (κ3) is 3.42. The summed E-state index contributed by atoms with van der Waals surface area (Å²) < 4.78 is 12.7. The molecule has 0 saturated heterocycles. The number of nitrogens with zero attached hydrogens (tertiary/aromatic N) is 1. The van der Waals surface area contributed by atoms with Crippen molar-refractivity contribution in [2.45, 2.75) is 52.1 Å². The van der Waals surface area contributed by atoms with E-state index < -0.39 is 5.60 Å². The smallest absolute Gasteiger partial charge is 0.340 e. The first-order chi connectivity index (χ1) is 16.5. The molecular formula is C29H32N2O3. The number of rotatable bonds is 7. The topological polar surface area (TPSA) is 64.8 Å². The van der Waals surface area contributed by atoms with E-state index >= 15 is 0 Å². The molecule has 3 aromatic carbocycles. The molecule has 5 rings (SSSR count). The molecule has 3 aromatic rings. The van der Waals surface area contributed by atoms with Crippen LogP contribution >= 0.6 is 0 Å². The Hall–Kier alpha value is -3.47. The van der Waals surface area contributed by atoms with Crippen LogP contribution in [0.1, 0.15) is 72.1 Å². The van der Waals surface area contributed by atoms with Gasteiger partial charge in [0.05, 0.1) is 5.56 Å². The van der Waals surface area contributed by atoms with E-state index in [0.717, 1.165) is 72.5 Å². The van der Waals surface area contributed by atoms with Crippen molar-refractivity contribution in [1.82, 2.24) is 0 Å². The number of hydrogen-bond donors (Lipinski definition) is 1. The van der Waals surface area contributed by atoms with E-state index in [9.17, 15) is 4.79 Å². The molecule has 0 aromatic heterocycles. The van der Waals surface area contributed by atoms with Crippen molar-refractivity contribution in [2.75, 3.05) is 23.7 Å². The van der Waals surface area contributed by atoms with Crippen LogP contribution in [0.2, 0.25) is 0 Å². The van der Waals surface area contributed by atoms with Gasteiger partial charge < -0.3 is 20.1 Å². The Kier molecular flexibility index (Phi) is 5.72. The first-order valence-corrected chi connectivity index (χ1v) is 12.3. The van der Waals surface area contributed by atoms with Crippen molar-refractivity contribution >= 4 is 17.3 Å². The summed E-state index contributed by atoms with van der Waals surface area (Å²) in [5, 5.41) is 0. The molecule has 2 aliphatic rings. The van der Waals surface area contributed by atoms with Crippen molar-refractivity contribution in [3.8, 4) is 11.5 Å². The zero-order valence-corrected chi connectivity index (χ0v) is 20.2. The predicted octanol–water partition coefficient (Wildman–Crippen LogP) is 6.55. The van der Waals surface area contributed by atoms with Crippen LogP contribution in [0.5, 0.6) is 11.5 Å². The number of benzene rings is 3. The van der Waals surface area contributed by atoms with Crippen LogP contribution in [0.15, 0.2) is 54.6 Å². The molecule has 2 heterocycles. The Morgan fingerprint density at radius 2 is 1.59 bits per heavy atom. The number of esters is 1. The molecule has 2 N–H and O–H groups in total. The second kappa shape index (κ2) is 8.71. The first kappa shape index (κ1) is 22.3. The summed E-state index contributed by atoms with van der Waals surface area (Å²) >= 11 is 0. The molecule has 0 amide bonds. The van der Waals surface area contributed by atoms with Gasteiger partial charge in [0.25, 0.3) is 0 Å². The number of aryl methyl sites for hydroxylation is 1. The highest BCUT2D eigenvalue weighted by Crippen LogP contribution is 2.57. The lowest BCUT2D eigenvalue weighted by Crippen LogP contribution is -2.33. The highest BCUT2D eigenvalue weighted by atomic mass is 16.6. The van der Waals surface area contributed by atoms with Crippen LogP contribution < -0.4 is 15.4 Å². The normalized spacial score (nSPS) is 17.6. The maximum absolute atomic E-state index is 13.0. The number of nitrogens with two attached hydrogens (primary N) is 1. The van der Waals surface area contributed by atoms with Gasteiger partial charge in [-0.25, -0.2) is 4.79 Å². The molecule has 0 bridgehead atoms. The standard InChI is InChI=1S/C29H32N2O3/c1-4-6-14-31(15-7-5-2)20-12-13-23-27(17-20)33-26-16-19(3)25(30)18-24(26)29(23)22-11-9-8-10-21(22)28(32)34-29/h8-13,16-18H,4-7,14-15,30H2,1-3H3. The molecule has 0 radical (unpaired) electrons. The number of nitrogen functional groups attached to an aromatic ring is 1. The summed E-state index contributed by atoms with van der Waals surface area (Å²) in [6.07, 6.45) is 4.57. The fourth-order valence-corrected chi connectivity index (χ4v) is 5.09. The van der Waals surface area contributed by atoms with Crippen molar-refractivity contribution in [3.63, 3.8) is 0 Å². The van der Waals surface area contributed by atoms with E-state index in [2.05, 4.69) is 36.9 Å². The number of hydrogen-bond acceptors (Lipinski definition) is 5. The summed E-state index contributed by atoms with van der Waals surface area (Å²) in [6, 6.07) is 17.7. The minimum Gasteiger partial charge on any atom is -0.456 e. The minimum absolute atomic E-state index is 0.329. The molecule has 2 aliphatic heterocycles. The zero-order valence-electron chi connectivity index (χ0n) is 20.2. The summed E-state index contributed by atoms with van der Waals surface area (Å²) in [6.45, 7) is 8.40. The monoisotopic (exact) mass is 456 g/mol. The Bertz CT molecular complexity index is 1240. The molecule has 0 saturated carbocycles. The minimum atomic E-state index is -1.07. The maximum Gasteiger partial charge on any atom is 0.340 e. The maximum atomic E-state index is 13.0. The van der Waals surface area contributed by atoms with Gasteiger partial charge in [0.1, 0.15) is 11.5 Å². The van der Waals surface area contributed by atoms with Crippen LogP contribution in [0, 0.1) is 6.92 Å². The lowest BCUT2D eigenvalue weighted by atomic mass is 9.77. The van der Waals surface area contributed by atoms with Gasteiger partial charge in [-0.3, -0.25) is 0 Å². The Labute approximate surface area is 201 Å². The second-order valence-corrected chi connectivity index (χ2v) is 9.30. The van der Waals surface area contributed by atoms with E-state index in [1.165, 1.54) is 0 Å². The number of fused-ring (bicyclic) bond motifs is 6. The number of unbranched alkanes of at least 4 members (excludes halogenated alkanes) is 2. The van der Waals surface area contributed by atoms with E-state index in [4.69, 9.17) is 15.2 Å². The fourth-order valence-electron chi connectivity index (χ4n) is 5.09. The number of carbonyl (C=O) groups is 1. The largest absolute Gasteiger partial charge is 0.456 e. The second-order valence-electron chi connectivity index (χ2n) is 9.30. The van der Waals surface area contributed by atoms with Gasteiger partial charge in [-0.2, -0.15) is 0 Å². The summed E-state index contributed by atoms with van der Waals surface area (Å²) in [5.41, 5.74) is 11.0. The molecule has 1 unspecified atom stereocenters. The van der Waals surface area contributed by atoms with Gasteiger partial charge in [0, 0.05) is 47.2 Å². The number of ether oxygens (including phenoxy) is 2. The van der Waals surface area contributed by atoms with Crippen LogP contribution in [-0.4, -0.2) is 19.1 Å². The van der Waals surface area contributed by atoms with Gasteiger partial charge in [0.15, 0.2) is 5.60 Å². The average Bonchev–Trinajstić information content (AvgIpc) is 3.13. The summed E-state index contributed by atoms with van der Waals surface area (Å²) in [5.74, 6) is 1.07. The lowest BCUT2D eigenvalue weighted by molar-refractivity contribution is 0.0224. The van der Waals surface area contributed by atoms with E-state index in [1.807, 2.05) is 43.3 Å². The SMILES string of the molecule is CCCCN(CCCC)c1ccc2c(c1)Oc1cc(C)c(N)cc1C21OC(=O)c2ccccc21. The fraction of sp³-hybridized carbons (Fsp3) is 0.345. The number of anilines is 2. The number of carbonyl (C=O) groups excluding carboxylic acids is 1. The molecule has 0 fully saturated rings. The van der Waals surface area contributed by atoms with Crippen LogP contribution in [0.3, 0.4) is 0 Å². The van der Waals surface area contributed by atoms with Gasteiger partial charge in [-0.1, -0.05) is 44.9 Å². The van der Waals surface area contributed by atoms with Crippen molar-refractivity contribution in [1.29, 1.82) is 0 Å². The third-order valence-electron chi connectivity index (χ3n) is 7.01. The van der Waals surface area contributed by atoms with Crippen LogP contribution in [0.25, 0.3) is 0 Å². The summed E-state index contributed by atoms with van der Waals surface area (Å²) in [7, 11) is 0. The van der Waals surface area contributed by atoms with Gasteiger partial charge in [-0.15, -0.1) is 0 Å². The van der Waals surface area contributed by atoms with E-state index in [-0.39, 0.29) is 5.97 Å². The van der Waals surface area contributed by atoms with Crippen molar-refractivity contribution < 1.29 is 14.3 Å². The Balaban J connectivity index is 1.70. The Morgan fingerprint density at radius 1 is 0.882 bits per heavy atom. The molecule has 1 spiro atoms. The quantitative estimate of drug-likeness (QED) is 0.322. The Morgan fingerprint density at radius 3 is 2.32 bits per heavy atom. The van der Waals surface area contributed by atoms with Gasteiger partial charge in [-0.05, 0) is 55.7 Å². The summed E-state index contributed by atoms with van der Waals surface area (Å²) in [4.78, 5) is 15.5. The van der Waals surface area contributed by atoms with Gasteiger partial charge >= 0.3 is 5.97 Å². The van der Waals surface area contributed by atoms with Gasteiger partial charge in [0.2, 0.25) is 0 Å². The van der Waals surface area contributed by atoms with E-state index in [0.29, 0.717) is 17.0 Å². The highest BCUT2D eigenvalue weighted by Gasteiger charge is 2.53. The average molecular weight is 457 g/mol.